The number of aliphatic hydroxyl groups is 1. The summed E-state index contributed by atoms with van der Waals surface area (Å²) in [5, 5.41) is 27.8. The molecule has 6 heterocycles. The molecule has 7 aromatic rings. The second kappa shape index (κ2) is 23.5. The van der Waals surface area contributed by atoms with Gasteiger partial charge in [-0.25, -0.2) is 14.4 Å². The first-order chi connectivity index (χ1) is 39.0. The minimum Gasteiger partial charge on any atom is -0.486 e. The predicted molar refractivity (Wildman–Crippen MR) is 297 cm³/mol. The number of aryl methyl sites for hydroxylation is 1. The smallest absolute Gasteiger partial charge is 0.417 e. The molecule has 0 aliphatic carbocycles. The van der Waals surface area contributed by atoms with E-state index >= 15 is 17.6 Å². The highest BCUT2D eigenvalue weighted by molar-refractivity contribution is 6.38. The number of halogens is 4. The Balaban J connectivity index is 0.920. The number of aromatic amines is 1. The monoisotopic (exact) mass is 1110 g/mol. The van der Waals surface area contributed by atoms with Crippen LogP contribution in [0.5, 0.6) is 11.8 Å². The van der Waals surface area contributed by atoms with Gasteiger partial charge in [0.2, 0.25) is 11.8 Å². The lowest BCUT2D eigenvalue weighted by Gasteiger charge is -2.30. The quantitative estimate of drug-likeness (QED) is 0.0227. The number of alkyl halides is 3. The number of nitrogens with one attached hydrogen (secondary N) is 3. The summed E-state index contributed by atoms with van der Waals surface area (Å²) >= 11 is 0. The van der Waals surface area contributed by atoms with Crippen molar-refractivity contribution in [3.63, 3.8) is 0 Å². The number of fused-ring (bicyclic) bond motifs is 4. The minimum atomic E-state index is -4.98. The van der Waals surface area contributed by atoms with Crippen LogP contribution in [0.15, 0.2) is 89.5 Å². The number of ether oxygens (including phenoxy) is 3. The first-order valence-corrected chi connectivity index (χ1v) is 26.8. The number of hydrazone groups is 1. The zero-order chi connectivity index (χ0) is 57.3. The molecule has 0 spiro atoms. The van der Waals surface area contributed by atoms with E-state index in [1.54, 1.807) is 37.4 Å². The van der Waals surface area contributed by atoms with Gasteiger partial charge >= 0.3 is 12.2 Å². The standard InChI is InChI=1S/C58H63F4N13O6/c1-30(2)50(56(78)74-17-7-8-47(74)55(77)69-46(26-76)36-13-15-37(16-14-36)51-31(3)21-64-29-67-51)66-24-45(72-63)35-11-9-34(10-12-35)28-80-53-49(48-33(5)43(59)20-44-41(48)23-68-73-44)42(58(60,61)62)19-40-52(53)70-57(81-27-32(4)79-6)71-54(40)75-25-38-18-39(75)22-65-38/h9-16,19-21,23-24,29-30,32,38-39,46-47,50,65,76H,7-8,17-18,22,25-28,63H2,1-6H3,(H,68,73)(H,69,77)/b66-24?,72-45+/t32-,38-,39-,46-,47-,50-/m0/s1. The van der Waals surface area contributed by atoms with Crippen LogP contribution in [0, 0.1) is 25.6 Å². The van der Waals surface area contributed by atoms with E-state index in [-0.39, 0.29) is 106 Å². The molecule has 6 N–H and O–H groups in total. The number of hydrogen-bond donors (Lipinski definition) is 5. The molecule has 424 valence electrons. The number of amides is 2. The zero-order valence-corrected chi connectivity index (χ0v) is 45.6. The minimum absolute atomic E-state index is 0.0190. The second-order valence-electron chi connectivity index (χ2n) is 21.1. The molecule has 3 saturated heterocycles. The third-order valence-corrected chi connectivity index (χ3v) is 15.4. The van der Waals surface area contributed by atoms with Crippen molar-refractivity contribution in [3.8, 4) is 34.1 Å². The van der Waals surface area contributed by atoms with Gasteiger partial charge in [0.15, 0.2) is 5.75 Å². The van der Waals surface area contributed by atoms with Gasteiger partial charge in [-0.15, -0.1) is 0 Å². The molecular weight excluding hydrogens is 1050 g/mol. The molecule has 2 amide bonds. The predicted octanol–water partition coefficient (Wildman–Crippen LogP) is 7.55. The van der Waals surface area contributed by atoms with E-state index in [9.17, 15) is 14.7 Å². The molecular formula is C58H63F4N13O6. The number of hydrogen-bond acceptors (Lipinski definition) is 16. The Morgan fingerprint density at radius 2 is 1.79 bits per heavy atom. The van der Waals surface area contributed by atoms with Crippen molar-refractivity contribution >= 4 is 51.4 Å². The number of benzene rings is 4. The Morgan fingerprint density at radius 1 is 1.01 bits per heavy atom. The van der Waals surface area contributed by atoms with E-state index in [0.717, 1.165) is 29.3 Å². The van der Waals surface area contributed by atoms with Crippen LogP contribution >= 0.6 is 0 Å². The fourth-order valence-corrected chi connectivity index (χ4v) is 11.0. The van der Waals surface area contributed by atoms with Gasteiger partial charge in [0.05, 0.1) is 47.9 Å². The van der Waals surface area contributed by atoms with Crippen LogP contribution in [0.3, 0.4) is 0 Å². The van der Waals surface area contributed by atoms with E-state index in [2.05, 4.69) is 40.9 Å². The van der Waals surface area contributed by atoms with Crippen LogP contribution in [0.4, 0.5) is 23.4 Å². The molecule has 4 aromatic carbocycles. The number of aliphatic hydroxyl groups excluding tert-OH is 1. The van der Waals surface area contributed by atoms with Gasteiger partial charge in [-0.05, 0) is 80.3 Å². The Kier molecular flexibility index (Phi) is 16.3. The number of aromatic nitrogens is 6. The van der Waals surface area contributed by atoms with Crippen LogP contribution < -0.4 is 30.8 Å². The van der Waals surface area contributed by atoms with Gasteiger partial charge in [-0.1, -0.05) is 62.4 Å². The zero-order valence-electron chi connectivity index (χ0n) is 45.6. The SMILES string of the molecule is CO[C@@H](C)COc1nc(N2C[C@@H]3C[C@H]2CN3)c2cc(C(F)(F)F)c(-c3c(C)c(F)cc4[nH]ncc34)c(OCc3ccc(/C(C=N[C@H](C(=O)N4CCC[C@H]4C(=O)N[C@@H](CO)c4ccc(-c5ncncc5C)cc4)C(C)C)=N/N)cc3)c2n1. The van der Waals surface area contributed by atoms with E-state index < -0.39 is 47.2 Å². The van der Waals surface area contributed by atoms with Crippen molar-refractivity contribution < 1.29 is 46.5 Å². The second-order valence-corrected chi connectivity index (χ2v) is 21.1. The van der Waals surface area contributed by atoms with Crippen molar-refractivity contribution in [1.82, 2.24) is 45.7 Å². The lowest BCUT2D eigenvalue weighted by atomic mass is 9.90. The maximum Gasteiger partial charge on any atom is 0.417 e. The molecule has 0 radical (unpaired) electrons. The highest BCUT2D eigenvalue weighted by Gasteiger charge is 2.43. The Hall–Kier alpha value is -8.15. The average Bonchev–Trinajstić information content (AvgIpc) is 3.73. The van der Waals surface area contributed by atoms with Crippen LogP contribution in [-0.2, 0) is 27.1 Å². The fraction of sp³-hybridized carbons (Fsp3) is 0.397. The van der Waals surface area contributed by atoms with Gasteiger partial charge in [0.25, 0.3) is 0 Å². The van der Waals surface area contributed by atoms with Crippen molar-refractivity contribution in [2.24, 2.45) is 21.9 Å². The van der Waals surface area contributed by atoms with Crippen molar-refractivity contribution in [1.29, 1.82) is 0 Å². The summed E-state index contributed by atoms with van der Waals surface area (Å²) < 4.78 is 81.5. The molecule has 2 bridgehead atoms. The summed E-state index contributed by atoms with van der Waals surface area (Å²) in [6.45, 7) is 9.59. The van der Waals surface area contributed by atoms with E-state index in [1.165, 1.54) is 43.7 Å². The Bertz CT molecular complexity index is 3520. The first kappa shape index (κ1) is 56.1. The van der Waals surface area contributed by atoms with Crippen LogP contribution in [0.2, 0.25) is 0 Å². The van der Waals surface area contributed by atoms with Gasteiger partial charge in [0, 0.05) is 78.1 Å². The molecule has 23 heteroatoms. The Morgan fingerprint density at radius 3 is 2.46 bits per heavy atom. The molecule has 3 fully saturated rings. The van der Waals surface area contributed by atoms with Gasteiger partial charge < -0.3 is 45.6 Å². The number of H-pyrrole nitrogens is 1. The summed E-state index contributed by atoms with van der Waals surface area (Å²) in [5.41, 5.74) is 2.98. The number of methoxy groups -OCH3 is 1. The molecule has 3 aliphatic rings. The number of rotatable bonds is 19. The molecule has 10 rings (SSSR count). The number of piperazine rings is 1. The summed E-state index contributed by atoms with van der Waals surface area (Å²) in [5.74, 6) is 4.09. The Labute approximate surface area is 464 Å². The van der Waals surface area contributed by atoms with Crippen LogP contribution in [0.25, 0.3) is 44.2 Å². The summed E-state index contributed by atoms with van der Waals surface area (Å²) in [7, 11) is 1.52. The number of carbonyl (C=O) groups is 2. The maximum atomic E-state index is 15.9. The number of anilines is 1. The first-order valence-electron chi connectivity index (χ1n) is 26.8. The molecule has 81 heavy (non-hydrogen) atoms. The normalized spacial score (nSPS) is 18.6. The van der Waals surface area contributed by atoms with Gasteiger partial charge in [0.1, 0.15) is 54.5 Å². The summed E-state index contributed by atoms with van der Waals surface area (Å²) in [6.07, 6.45) is 2.37. The summed E-state index contributed by atoms with van der Waals surface area (Å²) in [6, 6.07) is 13.8. The van der Waals surface area contributed by atoms with E-state index in [0.29, 0.717) is 49.2 Å². The topological polar surface area (TPSA) is 244 Å². The van der Waals surface area contributed by atoms with Crippen LogP contribution in [-0.4, -0.2) is 134 Å². The van der Waals surface area contributed by atoms with Gasteiger partial charge in [-0.3, -0.25) is 19.7 Å². The summed E-state index contributed by atoms with van der Waals surface area (Å²) in [4.78, 5) is 54.4. The number of nitrogens with two attached hydrogens (primary N) is 1. The van der Waals surface area contributed by atoms with E-state index in [1.807, 2.05) is 49.9 Å². The lowest BCUT2D eigenvalue weighted by molar-refractivity contribution is -0.140. The van der Waals surface area contributed by atoms with E-state index in [4.69, 9.17) is 30.0 Å². The molecule has 3 aromatic heterocycles. The molecule has 6 atom stereocenters. The van der Waals surface area contributed by atoms with Crippen molar-refractivity contribution in [2.75, 3.05) is 44.9 Å². The molecule has 19 nitrogen and oxygen atoms in total. The average molecular weight is 1110 g/mol. The third-order valence-electron chi connectivity index (χ3n) is 15.4. The number of carbonyl (C=O) groups excluding carboxylic acids is 2. The highest BCUT2D eigenvalue weighted by atomic mass is 19.4. The lowest BCUT2D eigenvalue weighted by Crippen LogP contribution is -2.50. The number of likely N-dealkylation sites (tertiary alicyclic amines) is 1. The molecule has 3 aliphatic heterocycles. The number of aliphatic imine (C=N–C) groups is 1. The molecule has 0 unspecified atom stereocenters. The third kappa shape index (κ3) is 11.5. The maximum absolute atomic E-state index is 15.9. The number of nitrogens with zero attached hydrogens (tertiary/aromatic N) is 9. The molecule has 0 saturated carbocycles. The van der Waals surface area contributed by atoms with Crippen LogP contribution in [0.1, 0.15) is 79.5 Å². The van der Waals surface area contributed by atoms with Crippen molar-refractivity contribution in [2.45, 2.75) is 103 Å². The van der Waals surface area contributed by atoms with Gasteiger partial charge in [-0.2, -0.15) is 33.3 Å². The highest BCUT2D eigenvalue weighted by Crippen LogP contribution is 2.51. The largest absolute Gasteiger partial charge is 0.486 e. The fourth-order valence-electron chi connectivity index (χ4n) is 11.0. The van der Waals surface area contributed by atoms with Crippen molar-refractivity contribution in [3.05, 3.63) is 119 Å².